The van der Waals surface area contributed by atoms with Gasteiger partial charge in [-0.15, -0.1) is 0 Å². The summed E-state index contributed by atoms with van der Waals surface area (Å²) in [6, 6.07) is 5.17. The Hall–Kier alpha value is -3.40. The van der Waals surface area contributed by atoms with E-state index in [0.717, 1.165) is 22.8 Å². The lowest BCUT2D eigenvalue weighted by molar-refractivity contribution is 0.0215. The van der Waals surface area contributed by atoms with Crippen molar-refractivity contribution in [2.24, 2.45) is 5.73 Å². The van der Waals surface area contributed by atoms with Crippen LogP contribution in [-0.4, -0.2) is 38.7 Å². The van der Waals surface area contributed by atoms with Gasteiger partial charge in [0, 0.05) is 18.7 Å². The number of carbonyl (C=O) groups excluding carboxylic acids is 1. The summed E-state index contributed by atoms with van der Waals surface area (Å²) in [6.07, 6.45) is -0.462. The summed E-state index contributed by atoms with van der Waals surface area (Å²) in [5, 5.41) is -0.336. The molecule has 7 nitrogen and oxygen atoms in total. The molecule has 1 aliphatic rings. The highest BCUT2D eigenvalue weighted by Gasteiger charge is 2.40. The Morgan fingerprint density at radius 1 is 1.15 bits per heavy atom. The molecule has 4 rings (SSSR count). The van der Waals surface area contributed by atoms with Gasteiger partial charge in [-0.1, -0.05) is 6.07 Å². The van der Waals surface area contributed by atoms with Gasteiger partial charge in [-0.3, -0.25) is 14.3 Å². The standard InChI is InChI=1S/C23H23F3N4O3/c1-23(2,3)33-22(32)29-11-14(27)10-18(29)20-28-17-6-4-5-16(26)19(17)21(31)30(20)15-8-12(24)7-13(25)9-15/h4-9,14,18H,10-11,27H2,1-3H3/t14-,18+/m1/s1. The normalized spacial score (nSPS) is 18.7. The van der Waals surface area contributed by atoms with Crippen molar-refractivity contribution < 1.29 is 22.7 Å². The quantitative estimate of drug-likeness (QED) is 0.628. The van der Waals surface area contributed by atoms with Gasteiger partial charge in [0.15, 0.2) is 0 Å². The van der Waals surface area contributed by atoms with Crippen molar-refractivity contribution in [3.05, 3.63) is 70.0 Å². The second kappa shape index (κ2) is 8.18. The number of nitrogens with two attached hydrogens (primary N) is 1. The molecular formula is C23H23F3N4O3. The Morgan fingerprint density at radius 2 is 1.82 bits per heavy atom. The van der Waals surface area contributed by atoms with Crippen LogP contribution in [0.2, 0.25) is 0 Å². The first-order valence-electron chi connectivity index (χ1n) is 10.4. The number of rotatable bonds is 2. The molecule has 2 heterocycles. The maximum atomic E-state index is 14.6. The minimum absolute atomic E-state index is 0.00177. The van der Waals surface area contributed by atoms with Crippen molar-refractivity contribution in [1.29, 1.82) is 0 Å². The summed E-state index contributed by atoms with van der Waals surface area (Å²) in [4.78, 5) is 32.1. The first-order valence-corrected chi connectivity index (χ1v) is 10.4. The van der Waals surface area contributed by atoms with Crippen LogP contribution in [0.4, 0.5) is 18.0 Å². The summed E-state index contributed by atoms with van der Waals surface area (Å²) in [5.41, 5.74) is 4.33. The molecule has 0 unspecified atom stereocenters. The van der Waals surface area contributed by atoms with Crippen LogP contribution in [0.1, 0.15) is 39.1 Å². The number of amides is 1. The van der Waals surface area contributed by atoms with Crippen LogP contribution < -0.4 is 11.3 Å². The van der Waals surface area contributed by atoms with Crippen LogP contribution in [0.3, 0.4) is 0 Å². The monoisotopic (exact) mass is 460 g/mol. The van der Waals surface area contributed by atoms with Crippen LogP contribution >= 0.6 is 0 Å². The Balaban J connectivity index is 1.98. The van der Waals surface area contributed by atoms with Crippen molar-refractivity contribution in [3.63, 3.8) is 0 Å². The molecule has 0 radical (unpaired) electrons. The Bertz CT molecular complexity index is 1280. The van der Waals surface area contributed by atoms with Crippen LogP contribution in [0.15, 0.2) is 41.2 Å². The third-order valence-corrected chi connectivity index (χ3v) is 5.24. The highest BCUT2D eigenvalue weighted by molar-refractivity contribution is 5.79. The van der Waals surface area contributed by atoms with Crippen molar-refractivity contribution in [2.75, 3.05) is 6.54 Å². The fraction of sp³-hybridized carbons (Fsp3) is 0.348. The van der Waals surface area contributed by atoms with E-state index in [1.165, 1.54) is 17.0 Å². The van der Waals surface area contributed by atoms with E-state index in [1.807, 2.05) is 0 Å². The van der Waals surface area contributed by atoms with E-state index >= 15 is 0 Å². The zero-order valence-corrected chi connectivity index (χ0v) is 18.3. The molecule has 1 saturated heterocycles. The van der Waals surface area contributed by atoms with E-state index in [9.17, 15) is 22.8 Å². The molecule has 1 fully saturated rings. The average molecular weight is 460 g/mol. The topological polar surface area (TPSA) is 90.5 Å². The van der Waals surface area contributed by atoms with Gasteiger partial charge in [-0.25, -0.2) is 22.9 Å². The Morgan fingerprint density at radius 3 is 2.45 bits per heavy atom. The number of ether oxygens (including phenoxy) is 1. The molecule has 174 valence electrons. The SMILES string of the molecule is CC(C)(C)OC(=O)N1C[C@H](N)C[C@H]1c1nc2cccc(F)c2c(=O)n1-c1cc(F)cc(F)c1. The smallest absolute Gasteiger partial charge is 0.410 e. The van der Waals surface area contributed by atoms with Gasteiger partial charge in [0.25, 0.3) is 5.56 Å². The van der Waals surface area contributed by atoms with Crippen molar-refractivity contribution >= 4 is 17.0 Å². The second-order valence-electron chi connectivity index (χ2n) is 9.02. The predicted molar refractivity (Wildman–Crippen MR) is 115 cm³/mol. The molecular weight excluding hydrogens is 437 g/mol. The van der Waals surface area contributed by atoms with E-state index in [2.05, 4.69) is 4.98 Å². The van der Waals surface area contributed by atoms with E-state index in [4.69, 9.17) is 10.5 Å². The second-order valence-corrected chi connectivity index (χ2v) is 9.02. The number of hydrogen-bond donors (Lipinski definition) is 1. The maximum Gasteiger partial charge on any atom is 0.410 e. The van der Waals surface area contributed by atoms with E-state index in [1.54, 1.807) is 20.8 Å². The number of fused-ring (bicyclic) bond motifs is 1. The third-order valence-electron chi connectivity index (χ3n) is 5.24. The van der Waals surface area contributed by atoms with E-state index < -0.39 is 46.8 Å². The molecule has 1 amide bonds. The fourth-order valence-electron chi connectivity index (χ4n) is 3.98. The first kappa shape index (κ1) is 22.8. The van der Waals surface area contributed by atoms with Crippen LogP contribution in [0.5, 0.6) is 0 Å². The number of hydrogen-bond acceptors (Lipinski definition) is 5. The number of halogens is 3. The first-order chi connectivity index (χ1) is 15.4. The lowest BCUT2D eigenvalue weighted by atomic mass is 10.1. The van der Waals surface area contributed by atoms with Crippen molar-refractivity contribution in [3.8, 4) is 5.69 Å². The fourth-order valence-corrected chi connectivity index (χ4v) is 3.98. The van der Waals surface area contributed by atoms with Gasteiger partial charge in [0.05, 0.1) is 17.2 Å². The summed E-state index contributed by atoms with van der Waals surface area (Å²) in [7, 11) is 0. The largest absolute Gasteiger partial charge is 0.444 e. The highest BCUT2D eigenvalue weighted by atomic mass is 19.1. The molecule has 0 saturated carbocycles. The van der Waals surface area contributed by atoms with Gasteiger partial charge in [-0.05, 0) is 51.5 Å². The molecule has 0 aliphatic carbocycles. The third kappa shape index (κ3) is 4.43. The van der Waals surface area contributed by atoms with Crippen molar-refractivity contribution in [1.82, 2.24) is 14.5 Å². The lowest BCUT2D eigenvalue weighted by Gasteiger charge is -2.29. The summed E-state index contributed by atoms with van der Waals surface area (Å²) >= 11 is 0. The number of carbonyl (C=O) groups is 1. The van der Waals surface area contributed by atoms with E-state index in [0.29, 0.717) is 6.07 Å². The van der Waals surface area contributed by atoms with Gasteiger partial charge in [0.2, 0.25) is 0 Å². The summed E-state index contributed by atoms with van der Waals surface area (Å²) in [6.45, 7) is 5.24. The zero-order chi connectivity index (χ0) is 24.1. The molecule has 0 bridgehead atoms. The molecule has 0 spiro atoms. The van der Waals surface area contributed by atoms with E-state index in [-0.39, 0.29) is 35.4 Å². The number of likely N-dealkylation sites (tertiary alicyclic amines) is 1. The molecule has 1 aromatic heterocycles. The molecule has 10 heteroatoms. The molecule has 2 N–H and O–H groups in total. The van der Waals surface area contributed by atoms with Gasteiger partial charge >= 0.3 is 6.09 Å². The number of aromatic nitrogens is 2. The molecule has 1 aliphatic heterocycles. The minimum atomic E-state index is -0.927. The van der Waals surface area contributed by atoms with Crippen LogP contribution in [0.25, 0.3) is 16.6 Å². The Labute approximate surface area is 187 Å². The van der Waals surface area contributed by atoms with Gasteiger partial charge in [0.1, 0.15) is 34.3 Å². The summed E-state index contributed by atoms with van der Waals surface area (Å²) in [5.74, 6) is -2.68. The molecule has 2 aromatic carbocycles. The molecule has 2 atom stereocenters. The van der Waals surface area contributed by atoms with Gasteiger partial charge in [-0.2, -0.15) is 0 Å². The maximum absolute atomic E-state index is 14.6. The van der Waals surface area contributed by atoms with Crippen molar-refractivity contribution in [2.45, 2.75) is 44.9 Å². The zero-order valence-electron chi connectivity index (χ0n) is 18.3. The van der Waals surface area contributed by atoms with Gasteiger partial charge < -0.3 is 10.5 Å². The molecule has 33 heavy (non-hydrogen) atoms. The minimum Gasteiger partial charge on any atom is -0.444 e. The predicted octanol–water partition coefficient (Wildman–Crippen LogP) is 3.81. The highest BCUT2D eigenvalue weighted by Crippen LogP contribution is 2.33. The Kier molecular flexibility index (Phi) is 5.65. The van der Waals surface area contributed by atoms with Crippen LogP contribution in [0, 0.1) is 17.5 Å². The lowest BCUT2D eigenvalue weighted by Crippen LogP contribution is -2.39. The number of nitrogens with zero attached hydrogens (tertiary/aromatic N) is 3. The number of benzene rings is 2. The van der Waals surface area contributed by atoms with Crippen LogP contribution in [-0.2, 0) is 4.74 Å². The average Bonchev–Trinajstić information content (AvgIpc) is 3.07. The summed E-state index contributed by atoms with van der Waals surface area (Å²) < 4.78 is 49.1. The molecule has 3 aromatic rings.